The molecule has 2 aromatic carbocycles. The largest absolute Gasteiger partial charge is 0.497 e. The van der Waals surface area contributed by atoms with Gasteiger partial charge in [0.2, 0.25) is 10.0 Å². The van der Waals surface area contributed by atoms with Gasteiger partial charge >= 0.3 is 0 Å². The Morgan fingerprint density at radius 2 is 1.96 bits per heavy atom. The predicted octanol–water partition coefficient (Wildman–Crippen LogP) is 2.37. The average molecular weight is 440 g/mol. The first-order chi connectivity index (χ1) is 12.3. The minimum Gasteiger partial charge on any atom is -0.497 e. The summed E-state index contributed by atoms with van der Waals surface area (Å²) in [4.78, 5) is 12.1. The number of halogens is 1. The van der Waals surface area contributed by atoms with Gasteiger partial charge in [0.05, 0.1) is 25.3 Å². The standard InChI is InChI=1S/C17H18BrN3O4S/c1-25-16-8-6-15(7-9-16)21(26(2,23)24)12-17(22)20-19-11-13-4-3-5-14(18)10-13/h3-11H,12H2,1-2H3,(H,20,22)/b19-11+. The second-order valence-electron chi connectivity index (χ2n) is 5.32. The molecule has 0 fully saturated rings. The highest BCUT2D eigenvalue weighted by Crippen LogP contribution is 2.21. The van der Waals surface area contributed by atoms with Gasteiger partial charge in [-0.3, -0.25) is 9.10 Å². The first-order valence-electron chi connectivity index (χ1n) is 7.49. The van der Waals surface area contributed by atoms with Gasteiger partial charge in [-0.15, -0.1) is 0 Å². The van der Waals surface area contributed by atoms with Crippen molar-refractivity contribution < 1.29 is 17.9 Å². The van der Waals surface area contributed by atoms with Gasteiger partial charge in [0, 0.05) is 4.47 Å². The first-order valence-corrected chi connectivity index (χ1v) is 10.1. The van der Waals surface area contributed by atoms with Gasteiger partial charge in [-0.2, -0.15) is 5.10 Å². The van der Waals surface area contributed by atoms with E-state index in [2.05, 4.69) is 26.5 Å². The first kappa shape index (κ1) is 19.9. The van der Waals surface area contributed by atoms with Crippen molar-refractivity contribution in [2.75, 3.05) is 24.2 Å². The molecular weight excluding hydrogens is 422 g/mol. The van der Waals surface area contributed by atoms with E-state index in [4.69, 9.17) is 4.74 Å². The third kappa shape index (κ3) is 5.85. The minimum absolute atomic E-state index is 0.361. The minimum atomic E-state index is -3.64. The van der Waals surface area contributed by atoms with E-state index in [0.717, 1.165) is 20.6 Å². The summed E-state index contributed by atoms with van der Waals surface area (Å²) in [5.41, 5.74) is 3.48. The van der Waals surface area contributed by atoms with Crippen molar-refractivity contribution in [3.05, 3.63) is 58.6 Å². The average Bonchev–Trinajstić information content (AvgIpc) is 2.59. The van der Waals surface area contributed by atoms with E-state index in [1.807, 2.05) is 24.3 Å². The van der Waals surface area contributed by atoms with Crippen molar-refractivity contribution in [1.82, 2.24) is 5.43 Å². The molecule has 0 aliphatic carbocycles. The van der Waals surface area contributed by atoms with Crippen LogP contribution in [0, 0.1) is 0 Å². The molecule has 0 aliphatic rings. The molecule has 1 amide bonds. The lowest BCUT2D eigenvalue weighted by Crippen LogP contribution is -2.39. The maximum absolute atomic E-state index is 12.1. The van der Waals surface area contributed by atoms with E-state index in [-0.39, 0.29) is 6.54 Å². The third-order valence-electron chi connectivity index (χ3n) is 3.30. The summed E-state index contributed by atoms with van der Waals surface area (Å²) < 4.78 is 31.0. The quantitative estimate of drug-likeness (QED) is 0.529. The lowest BCUT2D eigenvalue weighted by molar-refractivity contribution is -0.119. The Morgan fingerprint density at radius 3 is 2.54 bits per heavy atom. The molecule has 0 spiro atoms. The van der Waals surface area contributed by atoms with Crippen LogP contribution in [0.1, 0.15) is 5.56 Å². The summed E-state index contributed by atoms with van der Waals surface area (Å²) >= 11 is 3.34. The molecule has 0 unspecified atom stereocenters. The molecule has 2 aromatic rings. The molecular formula is C17H18BrN3O4S. The number of benzene rings is 2. The number of anilines is 1. The van der Waals surface area contributed by atoms with E-state index in [0.29, 0.717) is 11.4 Å². The van der Waals surface area contributed by atoms with Crippen LogP contribution in [0.5, 0.6) is 5.75 Å². The van der Waals surface area contributed by atoms with Crippen molar-refractivity contribution >= 4 is 43.8 Å². The zero-order chi connectivity index (χ0) is 19.2. The van der Waals surface area contributed by atoms with Gasteiger partial charge in [0.15, 0.2) is 0 Å². The second-order valence-corrected chi connectivity index (χ2v) is 8.14. The third-order valence-corrected chi connectivity index (χ3v) is 4.93. The van der Waals surface area contributed by atoms with Crippen LogP contribution in [-0.2, 0) is 14.8 Å². The molecule has 0 aliphatic heterocycles. The molecule has 0 aromatic heterocycles. The van der Waals surface area contributed by atoms with Gasteiger partial charge in [-0.05, 0) is 42.0 Å². The Balaban J connectivity index is 2.06. The maximum atomic E-state index is 12.1. The number of amides is 1. The van der Waals surface area contributed by atoms with Crippen molar-refractivity contribution in [2.24, 2.45) is 5.10 Å². The van der Waals surface area contributed by atoms with E-state index in [1.54, 1.807) is 24.3 Å². The normalized spacial score (nSPS) is 11.3. The summed E-state index contributed by atoms with van der Waals surface area (Å²) in [6.07, 6.45) is 2.51. The molecule has 26 heavy (non-hydrogen) atoms. The highest BCUT2D eigenvalue weighted by Gasteiger charge is 2.20. The van der Waals surface area contributed by atoms with Gasteiger partial charge < -0.3 is 4.74 Å². The Kier molecular flexibility index (Phi) is 6.76. The zero-order valence-electron chi connectivity index (χ0n) is 14.2. The Labute approximate surface area is 160 Å². The summed E-state index contributed by atoms with van der Waals surface area (Å²) in [5.74, 6) is 0.0303. The molecule has 7 nitrogen and oxygen atoms in total. The molecule has 0 saturated carbocycles. The number of sulfonamides is 1. The summed E-state index contributed by atoms with van der Waals surface area (Å²) in [7, 11) is -2.13. The Hall–Kier alpha value is -2.39. The molecule has 0 atom stereocenters. The number of hydrogen-bond donors (Lipinski definition) is 1. The van der Waals surface area contributed by atoms with Crippen LogP contribution >= 0.6 is 15.9 Å². The number of carbonyl (C=O) groups excluding carboxylic acids is 1. The van der Waals surface area contributed by atoms with Gasteiger partial charge in [0.25, 0.3) is 5.91 Å². The summed E-state index contributed by atoms with van der Waals surface area (Å²) in [6, 6.07) is 13.7. The number of carbonyl (C=O) groups is 1. The fourth-order valence-corrected chi connectivity index (χ4v) is 3.35. The molecule has 138 valence electrons. The Morgan fingerprint density at radius 1 is 1.27 bits per heavy atom. The number of hydrazone groups is 1. The van der Waals surface area contributed by atoms with Crippen molar-refractivity contribution in [3.8, 4) is 5.75 Å². The summed E-state index contributed by atoms with van der Waals surface area (Å²) in [6.45, 7) is -0.388. The molecule has 0 radical (unpaired) electrons. The van der Waals surface area contributed by atoms with E-state index < -0.39 is 15.9 Å². The second kappa shape index (κ2) is 8.81. The van der Waals surface area contributed by atoms with Gasteiger partial charge in [-0.25, -0.2) is 13.8 Å². The number of rotatable bonds is 7. The molecule has 0 saturated heterocycles. The van der Waals surface area contributed by atoms with Crippen molar-refractivity contribution in [1.29, 1.82) is 0 Å². The van der Waals surface area contributed by atoms with Crippen LogP contribution in [0.15, 0.2) is 58.1 Å². The Bertz CT molecular complexity index is 898. The molecule has 2 rings (SSSR count). The lowest BCUT2D eigenvalue weighted by atomic mass is 10.2. The van der Waals surface area contributed by atoms with Crippen LogP contribution in [-0.4, -0.2) is 40.4 Å². The fourth-order valence-electron chi connectivity index (χ4n) is 2.08. The van der Waals surface area contributed by atoms with Crippen LogP contribution in [0.4, 0.5) is 5.69 Å². The number of nitrogens with zero attached hydrogens (tertiary/aromatic N) is 2. The van der Waals surface area contributed by atoms with Crippen molar-refractivity contribution in [2.45, 2.75) is 0 Å². The molecule has 0 heterocycles. The zero-order valence-corrected chi connectivity index (χ0v) is 16.6. The summed E-state index contributed by atoms with van der Waals surface area (Å²) in [5, 5.41) is 3.85. The highest BCUT2D eigenvalue weighted by molar-refractivity contribution is 9.10. The monoisotopic (exact) mass is 439 g/mol. The number of hydrogen-bond acceptors (Lipinski definition) is 5. The van der Waals surface area contributed by atoms with Crippen LogP contribution in [0.2, 0.25) is 0 Å². The van der Waals surface area contributed by atoms with Crippen LogP contribution < -0.4 is 14.5 Å². The number of ether oxygens (including phenoxy) is 1. The van der Waals surface area contributed by atoms with E-state index >= 15 is 0 Å². The van der Waals surface area contributed by atoms with Crippen LogP contribution in [0.3, 0.4) is 0 Å². The molecule has 1 N–H and O–H groups in total. The van der Waals surface area contributed by atoms with Crippen LogP contribution in [0.25, 0.3) is 0 Å². The predicted molar refractivity (Wildman–Crippen MR) is 105 cm³/mol. The number of nitrogens with one attached hydrogen (secondary N) is 1. The fraction of sp³-hybridized carbons (Fsp3) is 0.176. The van der Waals surface area contributed by atoms with E-state index in [9.17, 15) is 13.2 Å². The van der Waals surface area contributed by atoms with E-state index in [1.165, 1.54) is 13.3 Å². The smallest absolute Gasteiger partial charge is 0.260 e. The molecule has 9 heteroatoms. The van der Waals surface area contributed by atoms with Gasteiger partial charge in [0.1, 0.15) is 12.3 Å². The SMILES string of the molecule is COc1ccc(N(CC(=O)N/N=C/c2cccc(Br)c2)S(C)(=O)=O)cc1. The van der Waals surface area contributed by atoms with Gasteiger partial charge in [-0.1, -0.05) is 28.1 Å². The van der Waals surface area contributed by atoms with Crippen molar-refractivity contribution in [3.63, 3.8) is 0 Å². The highest BCUT2D eigenvalue weighted by atomic mass is 79.9. The number of methoxy groups -OCH3 is 1. The molecule has 0 bridgehead atoms. The topological polar surface area (TPSA) is 88.1 Å². The lowest BCUT2D eigenvalue weighted by Gasteiger charge is -2.21. The maximum Gasteiger partial charge on any atom is 0.260 e.